The highest BCUT2D eigenvalue weighted by Crippen LogP contribution is 2.15. The molecule has 16 heavy (non-hydrogen) atoms. The fourth-order valence-electron chi connectivity index (χ4n) is 2.49. The van der Waals surface area contributed by atoms with Crippen LogP contribution in [0.15, 0.2) is 0 Å². The van der Waals surface area contributed by atoms with E-state index in [1.807, 2.05) is 0 Å². The predicted octanol–water partition coefficient (Wildman–Crippen LogP) is 0.500. The van der Waals surface area contributed by atoms with Crippen LogP contribution in [0.1, 0.15) is 26.7 Å². The van der Waals surface area contributed by atoms with Crippen molar-refractivity contribution in [2.75, 3.05) is 33.7 Å². The topological polar surface area (TPSA) is 44.5 Å². The number of hydrogen-bond acceptors (Lipinski definition) is 4. The van der Waals surface area contributed by atoms with Gasteiger partial charge in [-0.1, -0.05) is 13.8 Å². The maximum atomic E-state index is 5.64. The fourth-order valence-corrected chi connectivity index (χ4v) is 2.49. The lowest BCUT2D eigenvalue weighted by Crippen LogP contribution is -2.52. The van der Waals surface area contributed by atoms with Crippen LogP contribution in [0.25, 0.3) is 0 Å². The van der Waals surface area contributed by atoms with Gasteiger partial charge in [0.2, 0.25) is 0 Å². The highest BCUT2D eigenvalue weighted by atomic mass is 15.3. The second kappa shape index (κ2) is 6.55. The van der Waals surface area contributed by atoms with Gasteiger partial charge in [-0.25, -0.2) is 0 Å². The van der Waals surface area contributed by atoms with E-state index in [9.17, 15) is 0 Å². The minimum absolute atomic E-state index is 0.443. The molecule has 0 saturated carbocycles. The lowest BCUT2D eigenvalue weighted by atomic mass is 9.96. The van der Waals surface area contributed by atoms with Gasteiger partial charge in [0.15, 0.2) is 0 Å². The molecule has 1 heterocycles. The first-order chi connectivity index (χ1) is 7.52. The molecule has 1 fully saturated rings. The Kier molecular flexibility index (Phi) is 5.69. The zero-order chi connectivity index (χ0) is 12.1. The van der Waals surface area contributed by atoms with Gasteiger partial charge in [0.05, 0.1) is 0 Å². The number of hydrogen-bond donors (Lipinski definition) is 2. The normalized spacial score (nSPS) is 26.2. The quantitative estimate of drug-likeness (QED) is 0.531. The van der Waals surface area contributed by atoms with Crippen LogP contribution in [0.4, 0.5) is 0 Å². The largest absolute Gasteiger partial charge is 0.304 e. The monoisotopic (exact) mass is 228 g/mol. The summed E-state index contributed by atoms with van der Waals surface area (Å²) in [7, 11) is 4.42. The van der Waals surface area contributed by atoms with E-state index in [4.69, 9.17) is 5.84 Å². The second-order valence-electron chi connectivity index (χ2n) is 5.63. The summed E-state index contributed by atoms with van der Waals surface area (Å²) in [6.07, 6.45) is 2.31. The molecule has 0 aliphatic carbocycles. The van der Waals surface area contributed by atoms with E-state index in [2.05, 4.69) is 43.2 Å². The van der Waals surface area contributed by atoms with Crippen molar-refractivity contribution in [2.24, 2.45) is 11.8 Å². The summed E-state index contributed by atoms with van der Waals surface area (Å²) in [6, 6.07) is 1.08. The van der Waals surface area contributed by atoms with Gasteiger partial charge in [0.1, 0.15) is 0 Å². The van der Waals surface area contributed by atoms with Gasteiger partial charge in [-0.2, -0.15) is 0 Å². The van der Waals surface area contributed by atoms with Crippen LogP contribution >= 0.6 is 0 Å². The maximum absolute atomic E-state index is 5.64. The molecule has 0 amide bonds. The van der Waals surface area contributed by atoms with Crippen molar-refractivity contribution in [3.8, 4) is 0 Å². The molecule has 1 aliphatic rings. The summed E-state index contributed by atoms with van der Waals surface area (Å²) in [5.74, 6) is 6.34. The van der Waals surface area contributed by atoms with Crippen molar-refractivity contribution >= 4 is 0 Å². The summed E-state index contributed by atoms with van der Waals surface area (Å²) in [4.78, 5) is 4.87. The summed E-state index contributed by atoms with van der Waals surface area (Å²) < 4.78 is 0. The Morgan fingerprint density at radius 3 is 2.56 bits per heavy atom. The minimum Gasteiger partial charge on any atom is -0.304 e. The molecule has 0 aromatic rings. The lowest BCUT2D eigenvalue weighted by molar-refractivity contribution is 0.0988. The molecule has 4 nitrogen and oxygen atoms in total. The van der Waals surface area contributed by atoms with E-state index in [1.54, 1.807) is 0 Å². The number of hydrazine groups is 1. The predicted molar refractivity (Wildman–Crippen MR) is 69.1 cm³/mol. The minimum atomic E-state index is 0.443. The Hall–Kier alpha value is -0.160. The molecule has 3 N–H and O–H groups in total. The number of likely N-dealkylation sites (N-methyl/N-ethyl adjacent to an activating group) is 2. The number of nitrogens with one attached hydrogen (secondary N) is 1. The van der Waals surface area contributed by atoms with E-state index >= 15 is 0 Å². The molecule has 0 spiro atoms. The standard InChI is InChI=1S/C12H28N4/c1-10(2)7-11(14-13)8-12-9-15(3)5-6-16(12)4/h10-12,14H,5-9,13H2,1-4H3. The van der Waals surface area contributed by atoms with Crippen LogP contribution in [-0.2, 0) is 0 Å². The van der Waals surface area contributed by atoms with Crippen LogP contribution < -0.4 is 11.3 Å². The van der Waals surface area contributed by atoms with E-state index in [1.165, 1.54) is 13.1 Å². The molecule has 96 valence electrons. The average molecular weight is 228 g/mol. The van der Waals surface area contributed by atoms with Crippen molar-refractivity contribution in [2.45, 2.75) is 38.8 Å². The van der Waals surface area contributed by atoms with Crippen molar-refractivity contribution in [1.29, 1.82) is 0 Å². The molecule has 1 saturated heterocycles. The number of nitrogens with two attached hydrogens (primary N) is 1. The summed E-state index contributed by atoms with van der Waals surface area (Å²) in [5.41, 5.74) is 2.97. The highest BCUT2D eigenvalue weighted by Gasteiger charge is 2.25. The molecule has 0 aromatic carbocycles. The highest BCUT2D eigenvalue weighted by molar-refractivity contribution is 4.82. The number of piperazine rings is 1. The molecule has 2 unspecified atom stereocenters. The zero-order valence-electron chi connectivity index (χ0n) is 11.2. The second-order valence-corrected chi connectivity index (χ2v) is 5.63. The van der Waals surface area contributed by atoms with Crippen molar-refractivity contribution in [1.82, 2.24) is 15.2 Å². The van der Waals surface area contributed by atoms with Crippen LogP contribution in [0.5, 0.6) is 0 Å². The Morgan fingerprint density at radius 2 is 2.00 bits per heavy atom. The molecule has 4 heteroatoms. The van der Waals surface area contributed by atoms with E-state index in [0.717, 1.165) is 19.4 Å². The SMILES string of the molecule is CC(C)CC(CC1CN(C)CCN1C)NN. The molecular formula is C12H28N4. The Bertz CT molecular complexity index is 195. The first kappa shape index (κ1) is 13.9. The summed E-state index contributed by atoms with van der Waals surface area (Å²) >= 11 is 0. The molecule has 0 radical (unpaired) electrons. The first-order valence-electron chi connectivity index (χ1n) is 6.37. The van der Waals surface area contributed by atoms with Gasteiger partial charge in [-0.05, 0) is 32.9 Å². The first-order valence-corrected chi connectivity index (χ1v) is 6.37. The zero-order valence-corrected chi connectivity index (χ0v) is 11.2. The van der Waals surface area contributed by atoms with E-state index in [-0.39, 0.29) is 0 Å². The van der Waals surface area contributed by atoms with Crippen LogP contribution in [0, 0.1) is 5.92 Å². The fraction of sp³-hybridized carbons (Fsp3) is 1.00. The van der Waals surface area contributed by atoms with Gasteiger partial charge in [0, 0.05) is 31.7 Å². The van der Waals surface area contributed by atoms with E-state index in [0.29, 0.717) is 18.0 Å². The van der Waals surface area contributed by atoms with Crippen LogP contribution in [-0.4, -0.2) is 55.6 Å². The van der Waals surface area contributed by atoms with Gasteiger partial charge < -0.3 is 9.80 Å². The third kappa shape index (κ3) is 4.37. The Labute approximate surface area is 100 Å². The van der Waals surface area contributed by atoms with Crippen LogP contribution in [0.2, 0.25) is 0 Å². The Balaban J connectivity index is 2.42. The molecular weight excluding hydrogens is 200 g/mol. The molecule has 2 atom stereocenters. The van der Waals surface area contributed by atoms with Gasteiger partial charge in [-0.15, -0.1) is 0 Å². The smallest absolute Gasteiger partial charge is 0.0235 e. The number of rotatable bonds is 5. The molecule has 1 aliphatic heterocycles. The van der Waals surface area contributed by atoms with Crippen molar-refractivity contribution in [3.63, 3.8) is 0 Å². The van der Waals surface area contributed by atoms with Gasteiger partial charge in [-0.3, -0.25) is 11.3 Å². The lowest BCUT2D eigenvalue weighted by Gasteiger charge is -2.39. The van der Waals surface area contributed by atoms with E-state index < -0.39 is 0 Å². The Morgan fingerprint density at radius 1 is 1.31 bits per heavy atom. The molecule has 1 rings (SSSR count). The average Bonchev–Trinajstić information content (AvgIpc) is 2.21. The molecule has 0 bridgehead atoms. The maximum Gasteiger partial charge on any atom is 0.0235 e. The number of nitrogens with zero attached hydrogens (tertiary/aromatic N) is 2. The summed E-state index contributed by atoms with van der Waals surface area (Å²) in [6.45, 7) is 8.01. The molecule has 0 aromatic heterocycles. The third-order valence-corrected chi connectivity index (χ3v) is 3.53. The summed E-state index contributed by atoms with van der Waals surface area (Å²) in [5, 5.41) is 0. The van der Waals surface area contributed by atoms with Gasteiger partial charge >= 0.3 is 0 Å². The van der Waals surface area contributed by atoms with Crippen LogP contribution in [0.3, 0.4) is 0 Å². The van der Waals surface area contributed by atoms with Crippen molar-refractivity contribution < 1.29 is 0 Å². The van der Waals surface area contributed by atoms with Crippen molar-refractivity contribution in [3.05, 3.63) is 0 Å². The van der Waals surface area contributed by atoms with Gasteiger partial charge in [0.25, 0.3) is 0 Å². The third-order valence-electron chi connectivity index (χ3n) is 3.53.